The van der Waals surface area contributed by atoms with Crippen molar-refractivity contribution in [3.05, 3.63) is 74.2 Å². The third-order valence-electron chi connectivity index (χ3n) is 3.47. The molecule has 3 rings (SSSR count). The summed E-state index contributed by atoms with van der Waals surface area (Å²) in [5.41, 5.74) is 1.28. The van der Waals surface area contributed by atoms with Crippen LogP contribution in [0.5, 0.6) is 5.75 Å². The maximum absolute atomic E-state index is 12.7. The molecular formula is C19H13ClINO3S. The monoisotopic (exact) mass is 497 g/mol. The molecule has 0 N–H and O–H groups in total. The van der Waals surface area contributed by atoms with Crippen molar-refractivity contribution >= 4 is 68.9 Å². The molecule has 0 aliphatic carbocycles. The van der Waals surface area contributed by atoms with Gasteiger partial charge in [-0.3, -0.25) is 9.59 Å². The second kappa shape index (κ2) is 8.28. The van der Waals surface area contributed by atoms with Crippen LogP contribution in [-0.2, 0) is 4.79 Å². The first-order valence-electron chi connectivity index (χ1n) is 7.56. The summed E-state index contributed by atoms with van der Waals surface area (Å²) in [6.45, 7) is 4.05. The fourth-order valence-corrected chi connectivity index (χ4v) is 4.05. The number of halogens is 2. The Morgan fingerprint density at radius 2 is 2.04 bits per heavy atom. The summed E-state index contributed by atoms with van der Waals surface area (Å²) in [6.07, 6.45) is 3.38. The number of thioether (sulfide) groups is 1. The quantitative estimate of drug-likeness (QED) is 0.300. The van der Waals surface area contributed by atoms with Crippen molar-refractivity contribution in [1.29, 1.82) is 0 Å². The van der Waals surface area contributed by atoms with Crippen LogP contribution in [0.2, 0.25) is 5.02 Å². The van der Waals surface area contributed by atoms with Crippen molar-refractivity contribution in [3.63, 3.8) is 0 Å². The summed E-state index contributed by atoms with van der Waals surface area (Å²) in [5.74, 6) is 0.388. The van der Waals surface area contributed by atoms with E-state index in [1.807, 2.05) is 18.2 Å². The van der Waals surface area contributed by atoms with Crippen molar-refractivity contribution in [2.45, 2.75) is 0 Å². The Balaban J connectivity index is 1.86. The first-order valence-corrected chi connectivity index (χ1v) is 9.83. The Morgan fingerprint density at radius 1 is 1.23 bits per heavy atom. The van der Waals surface area contributed by atoms with E-state index >= 15 is 0 Å². The molecule has 2 amide bonds. The predicted octanol–water partition coefficient (Wildman–Crippen LogP) is 5.75. The van der Waals surface area contributed by atoms with Gasteiger partial charge in [0.2, 0.25) is 0 Å². The summed E-state index contributed by atoms with van der Waals surface area (Å²) in [6, 6.07) is 12.2. The Bertz CT molecular complexity index is 929. The average molecular weight is 498 g/mol. The standard InChI is InChI=1S/C19H13ClINO3S/c1-2-8-25-16-7-6-12(9-15(16)21)10-17-18(23)22(19(24)26-17)14-5-3-4-13(20)11-14/h2-7,9-11H,1,8H2/b17-10+. The highest BCUT2D eigenvalue weighted by Gasteiger charge is 2.36. The van der Waals surface area contributed by atoms with Gasteiger partial charge in [-0.1, -0.05) is 36.4 Å². The molecule has 7 heteroatoms. The summed E-state index contributed by atoms with van der Waals surface area (Å²) in [7, 11) is 0. The van der Waals surface area contributed by atoms with E-state index in [9.17, 15) is 9.59 Å². The molecule has 132 valence electrons. The van der Waals surface area contributed by atoms with Crippen LogP contribution >= 0.6 is 46.0 Å². The van der Waals surface area contributed by atoms with E-state index in [1.54, 1.807) is 36.4 Å². The average Bonchev–Trinajstić information content (AvgIpc) is 2.88. The number of amides is 2. The zero-order valence-electron chi connectivity index (χ0n) is 13.4. The lowest BCUT2D eigenvalue weighted by molar-refractivity contribution is -0.113. The third-order valence-corrected chi connectivity index (χ3v) is 5.42. The van der Waals surface area contributed by atoms with Gasteiger partial charge in [0, 0.05) is 5.02 Å². The van der Waals surface area contributed by atoms with Crippen molar-refractivity contribution in [1.82, 2.24) is 0 Å². The molecule has 1 fully saturated rings. The molecule has 0 spiro atoms. The lowest BCUT2D eigenvalue weighted by Gasteiger charge is -2.12. The number of carbonyl (C=O) groups is 2. The summed E-state index contributed by atoms with van der Waals surface area (Å²) in [5, 5.41) is 0.124. The van der Waals surface area contributed by atoms with E-state index in [4.69, 9.17) is 16.3 Å². The lowest BCUT2D eigenvalue weighted by Crippen LogP contribution is -2.27. The van der Waals surface area contributed by atoms with Gasteiger partial charge in [-0.15, -0.1) is 0 Å². The van der Waals surface area contributed by atoms with E-state index in [0.717, 1.165) is 31.5 Å². The molecule has 1 saturated heterocycles. The topological polar surface area (TPSA) is 46.6 Å². The van der Waals surface area contributed by atoms with E-state index in [0.29, 0.717) is 22.2 Å². The number of hydrogen-bond acceptors (Lipinski definition) is 4. The molecule has 2 aromatic rings. The molecule has 2 aromatic carbocycles. The maximum atomic E-state index is 12.7. The zero-order chi connectivity index (χ0) is 18.7. The van der Waals surface area contributed by atoms with Gasteiger partial charge in [0.15, 0.2) is 0 Å². The number of hydrogen-bond donors (Lipinski definition) is 0. The van der Waals surface area contributed by atoms with Gasteiger partial charge >= 0.3 is 0 Å². The summed E-state index contributed by atoms with van der Waals surface area (Å²) < 4.78 is 6.45. The number of ether oxygens (including phenoxy) is 1. The largest absolute Gasteiger partial charge is 0.488 e. The number of anilines is 1. The first kappa shape index (κ1) is 19.0. The number of carbonyl (C=O) groups excluding carboxylic acids is 2. The lowest BCUT2D eigenvalue weighted by atomic mass is 10.2. The number of nitrogens with zero attached hydrogens (tertiary/aromatic N) is 1. The molecule has 0 atom stereocenters. The molecule has 1 aliphatic heterocycles. The van der Waals surface area contributed by atoms with Crippen molar-refractivity contribution in [2.24, 2.45) is 0 Å². The molecule has 4 nitrogen and oxygen atoms in total. The Morgan fingerprint density at radius 3 is 2.73 bits per heavy atom. The summed E-state index contributed by atoms with van der Waals surface area (Å²) in [4.78, 5) is 26.5. The van der Waals surface area contributed by atoms with Crippen molar-refractivity contribution in [2.75, 3.05) is 11.5 Å². The van der Waals surface area contributed by atoms with E-state index in [1.165, 1.54) is 0 Å². The smallest absolute Gasteiger partial charge is 0.298 e. The third kappa shape index (κ3) is 4.13. The summed E-state index contributed by atoms with van der Waals surface area (Å²) >= 11 is 9.04. The highest BCUT2D eigenvalue weighted by Crippen LogP contribution is 2.36. The van der Waals surface area contributed by atoms with Crippen molar-refractivity contribution < 1.29 is 14.3 Å². The molecule has 0 radical (unpaired) electrons. The maximum Gasteiger partial charge on any atom is 0.298 e. The van der Waals surface area contributed by atoms with Gasteiger partial charge in [0.1, 0.15) is 12.4 Å². The predicted molar refractivity (Wildman–Crippen MR) is 115 cm³/mol. The fourth-order valence-electron chi connectivity index (χ4n) is 2.33. The second-order valence-corrected chi connectivity index (χ2v) is 7.88. The van der Waals surface area contributed by atoms with Crippen LogP contribution in [-0.4, -0.2) is 17.8 Å². The van der Waals surface area contributed by atoms with Crippen LogP contribution in [0.3, 0.4) is 0 Å². The number of rotatable bonds is 5. The molecule has 1 heterocycles. The van der Waals surface area contributed by atoms with Gasteiger partial charge in [-0.2, -0.15) is 0 Å². The normalized spacial score (nSPS) is 15.6. The minimum atomic E-state index is -0.357. The molecule has 0 saturated carbocycles. The van der Waals surface area contributed by atoms with Gasteiger partial charge in [0.05, 0.1) is 14.2 Å². The van der Waals surface area contributed by atoms with Crippen LogP contribution in [0.15, 0.2) is 60.0 Å². The Labute approximate surface area is 174 Å². The van der Waals surface area contributed by atoms with Crippen LogP contribution < -0.4 is 9.64 Å². The van der Waals surface area contributed by atoms with Crippen LogP contribution in [0.25, 0.3) is 6.08 Å². The van der Waals surface area contributed by atoms with Crippen LogP contribution in [0.4, 0.5) is 10.5 Å². The van der Waals surface area contributed by atoms with Crippen molar-refractivity contribution in [3.8, 4) is 5.75 Å². The Kier molecular flexibility index (Phi) is 6.05. The Hall–Kier alpha value is -1.77. The van der Waals surface area contributed by atoms with Crippen LogP contribution in [0.1, 0.15) is 5.56 Å². The van der Waals surface area contributed by atoms with Gasteiger partial charge < -0.3 is 4.74 Å². The first-order chi connectivity index (χ1) is 12.5. The number of benzene rings is 2. The molecule has 1 aliphatic rings. The second-order valence-electron chi connectivity index (χ2n) is 5.29. The van der Waals surface area contributed by atoms with E-state index < -0.39 is 0 Å². The zero-order valence-corrected chi connectivity index (χ0v) is 17.2. The minimum absolute atomic E-state index is 0.343. The van der Waals surface area contributed by atoms with E-state index in [2.05, 4.69) is 29.2 Å². The minimum Gasteiger partial charge on any atom is -0.488 e. The molecule has 0 aromatic heterocycles. The SMILES string of the molecule is C=CCOc1ccc(/C=C2/SC(=O)N(c3cccc(Cl)c3)C2=O)cc1I. The molecule has 26 heavy (non-hydrogen) atoms. The van der Waals surface area contributed by atoms with Gasteiger partial charge in [-0.05, 0) is 76.3 Å². The fraction of sp³-hybridized carbons (Fsp3) is 0.0526. The molecule has 0 unspecified atom stereocenters. The number of imide groups is 1. The van der Waals surface area contributed by atoms with Gasteiger partial charge in [0.25, 0.3) is 11.1 Å². The van der Waals surface area contributed by atoms with E-state index in [-0.39, 0.29) is 11.1 Å². The highest BCUT2D eigenvalue weighted by atomic mass is 127. The molecule has 0 bridgehead atoms. The molecular weight excluding hydrogens is 485 g/mol. The van der Waals surface area contributed by atoms with Gasteiger partial charge in [-0.25, -0.2) is 4.90 Å². The highest BCUT2D eigenvalue weighted by molar-refractivity contribution is 14.1. The van der Waals surface area contributed by atoms with Crippen LogP contribution in [0, 0.1) is 3.57 Å².